The molecular weight excluding hydrogens is 456 g/mol. The highest BCUT2D eigenvalue weighted by Gasteiger charge is 2.27. The van der Waals surface area contributed by atoms with Crippen LogP contribution in [0.1, 0.15) is 51.0 Å². The van der Waals surface area contributed by atoms with Crippen LogP contribution in [0.5, 0.6) is 0 Å². The third-order valence-corrected chi connectivity index (χ3v) is 7.37. The molecule has 1 fully saturated rings. The fourth-order valence-electron chi connectivity index (χ4n) is 4.38. The lowest BCUT2D eigenvalue weighted by Gasteiger charge is -2.29. The molecule has 0 N–H and O–H groups in total. The molecule has 1 unspecified atom stereocenters. The third-order valence-electron chi connectivity index (χ3n) is 6.38. The lowest BCUT2D eigenvalue weighted by Crippen LogP contribution is -2.45. The van der Waals surface area contributed by atoms with E-state index in [1.54, 1.807) is 16.2 Å². The van der Waals surface area contributed by atoms with Crippen molar-refractivity contribution < 1.29 is 14.3 Å². The zero-order chi connectivity index (χ0) is 24.6. The van der Waals surface area contributed by atoms with Gasteiger partial charge in [0.15, 0.2) is 0 Å². The predicted octanol–water partition coefficient (Wildman–Crippen LogP) is 5.47. The van der Waals surface area contributed by atoms with E-state index in [0.29, 0.717) is 31.8 Å². The molecule has 4 rings (SSSR count). The number of benzene rings is 2. The zero-order valence-electron chi connectivity index (χ0n) is 20.6. The van der Waals surface area contributed by atoms with Crippen LogP contribution in [0.2, 0.25) is 0 Å². The molecule has 1 saturated heterocycles. The summed E-state index contributed by atoms with van der Waals surface area (Å²) in [5.41, 5.74) is 2.86. The molecule has 2 heterocycles. The van der Waals surface area contributed by atoms with Gasteiger partial charge in [0.2, 0.25) is 5.91 Å². The van der Waals surface area contributed by atoms with E-state index in [0.717, 1.165) is 29.7 Å². The van der Waals surface area contributed by atoms with Crippen molar-refractivity contribution in [2.24, 2.45) is 0 Å². The number of ether oxygens (including phenoxy) is 1. The van der Waals surface area contributed by atoms with E-state index in [1.807, 2.05) is 59.5 Å². The standard InChI is InChI=1S/C29H34N2O3S/c1-3-23-12-14-25(15-13-23)29(33)31(19-26-10-7-17-34-26)21-28(32)30(18-24-8-5-4-6-9-24)20-27-16-11-22(2)35-27/h4-6,8-9,11-16,26H,3,7,10,17-21H2,1-2H3. The Balaban J connectivity index is 1.54. The number of thiophene rings is 1. The molecule has 0 bridgehead atoms. The Kier molecular flexibility index (Phi) is 8.72. The molecule has 3 aromatic rings. The summed E-state index contributed by atoms with van der Waals surface area (Å²) in [4.78, 5) is 33.1. The molecular formula is C29H34N2O3S. The van der Waals surface area contributed by atoms with E-state index in [1.165, 1.54) is 10.4 Å². The quantitative estimate of drug-likeness (QED) is 0.379. The monoisotopic (exact) mass is 490 g/mol. The van der Waals surface area contributed by atoms with Gasteiger partial charge in [-0.3, -0.25) is 9.59 Å². The van der Waals surface area contributed by atoms with Gasteiger partial charge in [-0.15, -0.1) is 11.3 Å². The van der Waals surface area contributed by atoms with Crippen LogP contribution in [-0.2, 0) is 29.0 Å². The van der Waals surface area contributed by atoms with Crippen molar-refractivity contribution in [3.8, 4) is 0 Å². The van der Waals surface area contributed by atoms with Crippen molar-refractivity contribution >= 4 is 23.2 Å². The van der Waals surface area contributed by atoms with Gasteiger partial charge in [0.05, 0.1) is 12.6 Å². The molecule has 0 aliphatic carbocycles. The lowest BCUT2D eigenvalue weighted by molar-refractivity contribution is -0.133. The number of amides is 2. The number of rotatable bonds is 10. The fraction of sp³-hybridized carbons (Fsp3) is 0.379. The Morgan fingerprint density at radius 1 is 0.943 bits per heavy atom. The van der Waals surface area contributed by atoms with E-state index >= 15 is 0 Å². The summed E-state index contributed by atoms with van der Waals surface area (Å²) in [6.45, 7) is 6.37. The molecule has 5 nitrogen and oxygen atoms in total. The second-order valence-corrected chi connectivity index (χ2v) is 10.5. The van der Waals surface area contributed by atoms with Crippen molar-refractivity contribution in [1.29, 1.82) is 0 Å². The normalized spacial score (nSPS) is 15.2. The third kappa shape index (κ3) is 7.03. The Bertz CT molecular complexity index is 1100. The molecule has 184 valence electrons. The molecule has 35 heavy (non-hydrogen) atoms. The van der Waals surface area contributed by atoms with Crippen molar-refractivity contribution in [2.45, 2.75) is 52.3 Å². The minimum atomic E-state index is -0.122. The van der Waals surface area contributed by atoms with Crippen molar-refractivity contribution in [1.82, 2.24) is 9.80 Å². The topological polar surface area (TPSA) is 49.9 Å². The molecule has 2 amide bonds. The highest BCUT2D eigenvalue weighted by atomic mass is 32.1. The Labute approximate surface area is 212 Å². The smallest absolute Gasteiger partial charge is 0.254 e. The summed E-state index contributed by atoms with van der Waals surface area (Å²) in [5.74, 6) is -0.181. The van der Waals surface area contributed by atoms with Gasteiger partial charge in [-0.1, -0.05) is 49.4 Å². The van der Waals surface area contributed by atoms with Gasteiger partial charge in [0.1, 0.15) is 6.54 Å². The molecule has 6 heteroatoms. The maximum atomic E-state index is 13.7. The van der Waals surface area contributed by atoms with Crippen LogP contribution in [0.15, 0.2) is 66.7 Å². The molecule has 2 aromatic carbocycles. The maximum absolute atomic E-state index is 13.7. The Morgan fingerprint density at radius 2 is 1.71 bits per heavy atom. The van der Waals surface area contributed by atoms with E-state index in [-0.39, 0.29) is 24.5 Å². The second kappa shape index (κ2) is 12.1. The zero-order valence-corrected chi connectivity index (χ0v) is 21.4. The molecule has 1 atom stereocenters. The van der Waals surface area contributed by atoms with Crippen LogP contribution in [0.3, 0.4) is 0 Å². The summed E-state index contributed by atoms with van der Waals surface area (Å²) in [6, 6.07) is 21.9. The summed E-state index contributed by atoms with van der Waals surface area (Å²) in [5, 5.41) is 0. The summed E-state index contributed by atoms with van der Waals surface area (Å²) in [7, 11) is 0. The van der Waals surface area contributed by atoms with Gasteiger partial charge in [0, 0.05) is 35.0 Å². The Hall–Kier alpha value is -2.96. The first-order valence-electron chi connectivity index (χ1n) is 12.4. The number of carbonyl (C=O) groups is 2. The number of hydrogen-bond donors (Lipinski definition) is 0. The van der Waals surface area contributed by atoms with Crippen LogP contribution in [0, 0.1) is 6.92 Å². The van der Waals surface area contributed by atoms with Crippen LogP contribution in [-0.4, -0.2) is 47.4 Å². The van der Waals surface area contributed by atoms with Gasteiger partial charge in [0.25, 0.3) is 5.91 Å². The predicted molar refractivity (Wildman–Crippen MR) is 140 cm³/mol. The number of nitrogens with zero attached hydrogens (tertiary/aromatic N) is 2. The lowest BCUT2D eigenvalue weighted by atomic mass is 10.1. The average Bonchev–Trinajstić information content (AvgIpc) is 3.55. The van der Waals surface area contributed by atoms with Crippen molar-refractivity contribution in [3.05, 3.63) is 93.2 Å². The highest BCUT2D eigenvalue weighted by molar-refractivity contribution is 7.11. The molecule has 1 aliphatic rings. The first-order chi connectivity index (χ1) is 17.0. The molecule has 1 aliphatic heterocycles. The molecule has 0 radical (unpaired) electrons. The van der Waals surface area contributed by atoms with Gasteiger partial charge in [-0.05, 0) is 61.6 Å². The van der Waals surface area contributed by atoms with Gasteiger partial charge < -0.3 is 14.5 Å². The first kappa shape index (κ1) is 25.1. The van der Waals surface area contributed by atoms with Crippen LogP contribution < -0.4 is 0 Å². The van der Waals surface area contributed by atoms with Gasteiger partial charge in [-0.2, -0.15) is 0 Å². The van der Waals surface area contributed by atoms with Crippen molar-refractivity contribution in [2.75, 3.05) is 19.7 Å². The molecule has 1 aromatic heterocycles. The fourth-order valence-corrected chi connectivity index (χ4v) is 5.28. The Morgan fingerprint density at radius 3 is 2.34 bits per heavy atom. The largest absolute Gasteiger partial charge is 0.376 e. The van der Waals surface area contributed by atoms with Crippen molar-refractivity contribution in [3.63, 3.8) is 0 Å². The number of aryl methyl sites for hydroxylation is 2. The average molecular weight is 491 g/mol. The van der Waals surface area contributed by atoms with Crippen LogP contribution >= 0.6 is 11.3 Å². The van der Waals surface area contributed by atoms with Crippen LogP contribution in [0.25, 0.3) is 0 Å². The first-order valence-corrected chi connectivity index (χ1v) is 13.2. The number of hydrogen-bond acceptors (Lipinski definition) is 4. The van der Waals surface area contributed by atoms with E-state index in [2.05, 4.69) is 26.0 Å². The van der Waals surface area contributed by atoms with Gasteiger partial charge in [-0.25, -0.2) is 0 Å². The minimum absolute atomic E-state index is 0.0239. The van der Waals surface area contributed by atoms with E-state index in [9.17, 15) is 9.59 Å². The van der Waals surface area contributed by atoms with E-state index in [4.69, 9.17) is 4.74 Å². The van der Waals surface area contributed by atoms with Crippen LogP contribution in [0.4, 0.5) is 0 Å². The second-order valence-electron chi connectivity index (χ2n) is 9.12. The maximum Gasteiger partial charge on any atom is 0.254 e. The van der Waals surface area contributed by atoms with E-state index < -0.39 is 0 Å². The number of carbonyl (C=O) groups excluding carboxylic acids is 2. The summed E-state index contributed by atoms with van der Waals surface area (Å²) < 4.78 is 5.82. The minimum Gasteiger partial charge on any atom is -0.376 e. The summed E-state index contributed by atoms with van der Waals surface area (Å²) >= 11 is 1.70. The summed E-state index contributed by atoms with van der Waals surface area (Å²) in [6.07, 6.45) is 2.80. The molecule has 0 saturated carbocycles. The highest BCUT2D eigenvalue weighted by Crippen LogP contribution is 2.20. The van der Waals surface area contributed by atoms with Gasteiger partial charge >= 0.3 is 0 Å². The molecule has 0 spiro atoms. The SMILES string of the molecule is CCc1ccc(C(=O)N(CC(=O)N(Cc2ccccc2)Cc2ccc(C)s2)CC2CCCO2)cc1.